The zero-order valence-corrected chi connectivity index (χ0v) is 9.02. The minimum absolute atomic E-state index is 0.296. The average Bonchev–Trinajstić information content (AvgIpc) is 2.12. The summed E-state index contributed by atoms with van der Waals surface area (Å²) in [6.45, 7) is 0. The summed E-state index contributed by atoms with van der Waals surface area (Å²) in [4.78, 5) is 0. The highest BCUT2D eigenvalue weighted by atomic mass is 32.2. The fourth-order valence-corrected chi connectivity index (χ4v) is 3.19. The van der Waals surface area contributed by atoms with Crippen LogP contribution in [0.5, 0.6) is 0 Å². The van der Waals surface area contributed by atoms with Crippen molar-refractivity contribution >= 4 is 9.84 Å². The van der Waals surface area contributed by atoms with Crippen molar-refractivity contribution < 1.29 is 8.42 Å². The van der Waals surface area contributed by atoms with Crippen LogP contribution in [0.15, 0.2) is 0 Å². The number of sulfone groups is 1. The maximum Gasteiger partial charge on any atom is 0.147 e. The molecule has 0 aromatic rings. The number of hydrogen-bond donors (Lipinski definition) is 1. The summed E-state index contributed by atoms with van der Waals surface area (Å²) in [6.07, 6.45) is 6.45. The molecule has 0 spiro atoms. The Hall–Kier alpha value is -0.0900. The molecule has 1 saturated carbocycles. The predicted molar refractivity (Wildman–Crippen MR) is 54.3 cm³/mol. The summed E-state index contributed by atoms with van der Waals surface area (Å²) < 4.78 is 22.1. The quantitative estimate of drug-likeness (QED) is 0.682. The van der Waals surface area contributed by atoms with Crippen LogP contribution in [0.4, 0.5) is 0 Å². The summed E-state index contributed by atoms with van der Waals surface area (Å²) >= 11 is 0. The van der Waals surface area contributed by atoms with Gasteiger partial charge in [-0.3, -0.25) is 0 Å². The van der Waals surface area contributed by atoms with Crippen LogP contribution in [0.1, 0.15) is 32.1 Å². The van der Waals surface area contributed by atoms with E-state index in [1.54, 1.807) is 0 Å². The highest BCUT2D eigenvalue weighted by Gasteiger charge is 2.19. The van der Waals surface area contributed by atoms with E-state index in [0.717, 1.165) is 32.1 Å². The van der Waals surface area contributed by atoms with E-state index in [1.807, 2.05) is 0 Å². The molecule has 1 fully saturated rings. The molecular weight excluding hydrogens is 186 g/mol. The molecule has 2 atom stereocenters. The number of nitrogens with two attached hydrogens (primary N) is 1. The van der Waals surface area contributed by atoms with E-state index in [1.165, 1.54) is 6.26 Å². The van der Waals surface area contributed by atoms with Crippen LogP contribution in [-0.4, -0.2) is 26.5 Å². The summed E-state index contributed by atoms with van der Waals surface area (Å²) in [5, 5.41) is 0. The van der Waals surface area contributed by atoms with Crippen LogP contribution in [0.25, 0.3) is 0 Å². The summed E-state index contributed by atoms with van der Waals surface area (Å²) in [6, 6.07) is 0.296. The summed E-state index contributed by atoms with van der Waals surface area (Å²) in [7, 11) is -2.80. The minimum Gasteiger partial charge on any atom is -0.328 e. The first-order valence-corrected chi connectivity index (χ1v) is 6.97. The Morgan fingerprint density at radius 3 is 2.54 bits per heavy atom. The zero-order chi connectivity index (χ0) is 9.90. The molecule has 3 nitrogen and oxygen atoms in total. The summed E-state index contributed by atoms with van der Waals surface area (Å²) in [5.41, 5.74) is 5.81. The van der Waals surface area contributed by atoms with Crippen molar-refractivity contribution in [3.8, 4) is 0 Å². The van der Waals surface area contributed by atoms with Gasteiger partial charge in [0.15, 0.2) is 0 Å². The maximum atomic E-state index is 11.1. The first-order chi connectivity index (χ1) is 5.97. The van der Waals surface area contributed by atoms with Gasteiger partial charge in [-0.15, -0.1) is 0 Å². The lowest BCUT2D eigenvalue weighted by Crippen LogP contribution is -2.19. The Morgan fingerprint density at radius 1 is 1.23 bits per heavy atom. The smallest absolute Gasteiger partial charge is 0.147 e. The van der Waals surface area contributed by atoms with Crippen LogP contribution < -0.4 is 5.73 Å². The summed E-state index contributed by atoms with van der Waals surface area (Å²) in [5.74, 6) is 0.697. The van der Waals surface area contributed by atoms with E-state index in [2.05, 4.69) is 0 Å². The van der Waals surface area contributed by atoms with E-state index in [4.69, 9.17) is 5.73 Å². The fourth-order valence-electron chi connectivity index (χ4n) is 2.00. The first-order valence-electron chi connectivity index (χ1n) is 4.90. The first kappa shape index (κ1) is 11.0. The molecule has 0 heterocycles. The van der Waals surface area contributed by atoms with Crippen molar-refractivity contribution in [3.63, 3.8) is 0 Å². The lowest BCUT2D eigenvalue weighted by atomic mass is 10.0. The largest absolute Gasteiger partial charge is 0.328 e. The zero-order valence-electron chi connectivity index (χ0n) is 8.20. The second-order valence-corrected chi connectivity index (χ2v) is 6.41. The Morgan fingerprint density at radius 2 is 1.92 bits per heavy atom. The second-order valence-electron chi connectivity index (χ2n) is 4.23. The van der Waals surface area contributed by atoms with Gasteiger partial charge >= 0.3 is 0 Å². The van der Waals surface area contributed by atoms with Crippen molar-refractivity contribution in [1.82, 2.24) is 0 Å². The molecular formula is C9H19NO2S. The van der Waals surface area contributed by atoms with Crippen molar-refractivity contribution in [2.24, 2.45) is 11.7 Å². The van der Waals surface area contributed by atoms with Crippen LogP contribution in [0.2, 0.25) is 0 Å². The Labute approximate surface area is 80.6 Å². The molecule has 13 heavy (non-hydrogen) atoms. The monoisotopic (exact) mass is 205 g/mol. The van der Waals surface area contributed by atoms with Crippen LogP contribution in [-0.2, 0) is 9.84 Å². The molecule has 2 unspecified atom stereocenters. The van der Waals surface area contributed by atoms with Gasteiger partial charge in [-0.05, 0) is 31.6 Å². The molecule has 1 rings (SSSR count). The molecule has 0 radical (unpaired) electrons. The van der Waals surface area contributed by atoms with E-state index in [9.17, 15) is 8.42 Å². The average molecular weight is 205 g/mol. The van der Waals surface area contributed by atoms with Crippen LogP contribution in [0.3, 0.4) is 0 Å². The van der Waals surface area contributed by atoms with E-state index >= 15 is 0 Å². The lowest BCUT2D eigenvalue weighted by Gasteiger charge is -2.11. The van der Waals surface area contributed by atoms with Crippen LogP contribution in [0, 0.1) is 5.92 Å². The van der Waals surface area contributed by atoms with Crippen molar-refractivity contribution in [2.75, 3.05) is 12.0 Å². The Kier molecular flexibility index (Phi) is 3.74. The predicted octanol–water partition coefficient (Wildman–Crippen LogP) is 0.939. The van der Waals surface area contributed by atoms with Crippen LogP contribution >= 0.6 is 0 Å². The van der Waals surface area contributed by atoms with Gasteiger partial charge in [-0.1, -0.05) is 6.42 Å². The molecule has 4 heteroatoms. The van der Waals surface area contributed by atoms with Crippen molar-refractivity contribution in [2.45, 2.75) is 38.1 Å². The van der Waals surface area contributed by atoms with Gasteiger partial charge in [0.05, 0.1) is 5.75 Å². The molecule has 78 valence electrons. The van der Waals surface area contributed by atoms with E-state index in [-0.39, 0.29) is 0 Å². The third kappa shape index (κ3) is 4.62. The maximum absolute atomic E-state index is 11.1. The molecule has 0 aromatic carbocycles. The molecule has 0 aromatic heterocycles. The topological polar surface area (TPSA) is 60.2 Å². The highest BCUT2D eigenvalue weighted by Crippen LogP contribution is 2.23. The standard InChI is InChI=1S/C9H19NO2S/c1-13(11,12)7-8-3-2-4-9(10)6-5-8/h8-9H,2-7,10H2,1H3. The van der Waals surface area contributed by atoms with Gasteiger partial charge < -0.3 is 5.73 Å². The van der Waals surface area contributed by atoms with Gasteiger partial charge in [0.25, 0.3) is 0 Å². The molecule has 2 N–H and O–H groups in total. The molecule has 1 aliphatic rings. The molecule has 1 aliphatic carbocycles. The SMILES string of the molecule is CS(=O)(=O)CC1CCCC(N)CC1. The van der Waals surface area contributed by atoms with Gasteiger partial charge in [0.2, 0.25) is 0 Å². The van der Waals surface area contributed by atoms with Gasteiger partial charge in [0.1, 0.15) is 9.84 Å². The fraction of sp³-hybridized carbons (Fsp3) is 1.00. The molecule has 0 bridgehead atoms. The number of rotatable bonds is 2. The second kappa shape index (κ2) is 4.42. The number of hydrogen-bond acceptors (Lipinski definition) is 3. The molecule has 0 saturated heterocycles. The Balaban J connectivity index is 2.43. The van der Waals surface area contributed by atoms with Crippen molar-refractivity contribution in [1.29, 1.82) is 0 Å². The van der Waals surface area contributed by atoms with Gasteiger partial charge in [-0.25, -0.2) is 8.42 Å². The molecule has 0 amide bonds. The van der Waals surface area contributed by atoms with E-state index < -0.39 is 9.84 Å². The van der Waals surface area contributed by atoms with Gasteiger partial charge in [0, 0.05) is 12.3 Å². The highest BCUT2D eigenvalue weighted by molar-refractivity contribution is 7.90. The normalized spacial score (nSPS) is 31.2. The third-order valence-electron chi connectivity index (χ3n) is 2.67. The molecule has 0 aliphatic heterocycles. The van der Waals surface area contributed by atoms with Crippen molar-refractivity contribution in [3.05, 3.63) is 0 Å². The third-order valence-corrected chi connectivity index (χ3v) is 3.75. The Bertz CT molecular complexity index is 248. The van der Waals surface area contributed by atoms with E-state index in [0.29, 0.717) is 17.7 Å². The lowest BCUT2D eigenvalue weighted by molar-refractivity contribution is 0.491. The van der Waals surface area contributed by atoms with Gasteiger partial charge in [-0.2, -0.15) is 0 Å². The minimum atomic E-state index is -2.80.